The number of benzene rings is 1. The van der Waals surface area contributed by atoms with Crippen LogP contribution < -0.4 is 5.32 Å². The molecule has 0 saturated heterocycles. The highest BCUT2D eigenvalue weighted by Gasteiger charge is 2.25. The molecule has 28 heavy (non-hydrogen) atoms. The van der Waals surface area contributed by atoms with E-state index in [4.69, 9.17) is 4.74 Å². The number of anilines is 1. The van der Waals surface area contributed by atoms with Crippen molar-refractivity contribution in [3.8, 4) is 0 Å². The van der Waals surface area contributed by atoms with E-state index in [1.54, 1.807) is 35.2 Å². The Morgan fingerprint density at radius 3 is 2.75 bits per heavy atom. The summed E-state index contributed by atoms with van der Waals surface area (Å²) in [6, 6.07) is 8.20. The Labute approximate surface area is 167 Å². The summed E-state index contributed by atoms with van der Waals surface area (Å²) in [6.07, 6.45) is 0.533. The van der Waals surface area contributed by atoms with E-state index in [1.165, 1.54) is 18.4 Å². The first kappa shape index (κ1) is 20.3. The molecular weight excluding hydrogens is 402 g/mol. The molecule has 10 heteroatoms. The molecule has 2 amide bonds. The SMILES string of the molecule is COC(=O)N1CCc2nc(NC(=O)CCCS(=O)(=O)c3ccccc3)sc2C1. The Balaban J connectivity index is 1.51. The summed E-state index contributed by atoms with van der Waals surface area (Å²) in [5.41, 5.74) is 0.868. The van der Waals surface area contributed by atoms with Gasteiger partial charge in [-0.15, -0.1) is 0 Å². The maximum atomic E-state index is 12.2. The zero-order valence-electron chi connectivity index (χ0n) is 15.4. The predicted octanol–water partition coefficient (Wildman–Crippen LogP) is 2.46. The number of sulfone groups is 1. The molecule has 0 fully saturated rings. The molecule has 0 atom stereocenters. The van der Waals surface area contributed by atoms with Crippen LogP contribution in [0.25, 0.3) is 0 Å². The molecule has 1 aliphatic rings. The monoisotopic (exact) mass is 423 g/mol. The number of rotatable bonds is 6. The minimum absolute atomic E-state index is 0.0879. The molecule has 0 radical (unpaired) electrons. The second kappa shape index (κ2) is 8.70. The molecule has 0 aliphatic carbocycles. The molecule has 0 unspecified atom stereocenters. The van der Waals surface area contributed by atoms with Crippen molar-refractivity contribution >= 4 is 38.3 Å². The van der Waals surface area contributed by atoms with Gasteiger partial charge >= 0.3 is 6.09 Å². The van der Waals surface area contributed by atoms with Crippen molar-refractivity contribution < 1.29 is 22.7 Å². The van der Waals surface area contributed by atoms with Gasteiger partial charge in [-0.25, -0.2) is 18.2 Å². The topological polar surface area (TPSA) is 106 Å². The van der Waals surface area contributed by atoms with E-state index in [0.717, 1.165) is 10.6 Å². The van der Waals surface area contributed by atoms with E-state index in [0.29, 0.717) is 24.6 Å². The Hall–Kier alpha value is -2.46. The molecule has 0 saturated carbocycles. The maximum absolute atomic E-state index is 12.2. The van der Waals surface area contributed by atoms with Crippen molar-refractivity contribution in [2.24, 2.45) is 0 Å². The smallest absolute Gasteiger partial charge is 0.409 e. The molecule has 1 aliphatic heterocycles. The fourth-order valence-electron chi connectivity index (χ4n) is 2.88. The van der Waals surface area contributed by atoms with Crippen LogP contribution in [-0.4, -0.2) is 49.7 Å². The number of thiazole rings is 1. The van der Waals surface area contributed by atoms with Crippen molar-refractivity contribution in [2.75, 3.05) is 24.7 Å². The number of carbonyl (C=O) groups is 2. The average molecular weight is 424 g/mol. The molecule has 150 valence electrons. The molecule has 3 rings (SSSR count). The van der Waals surface area contributed by atoms with Gasteiger partial charge in [0.25, 0.3) is 0 Å². The molecule has 1 aromatic carbocycles. The third-order valence-electron chi connectivity index (χ3n) is 4.33. The van der Waals surface area contributed by atoms with Crippen LogP contribution in [0, 0.1) is 0 Å². The van der Waals surface area contributed by atoms with Crippen LogP contribution in [-0.2, 0) is 32.3 Å². The Bertz CT molecular complexity index is 957. The van der Waals surface area contributed by atoms with E-state index in [-0.39, 0.29) is 35.5 Å². The van der Waals surface area contributed by atoms with Gasteiger partial charge in [-0.2, -0.15) is 0 Å². The normalized spacial score (nSPS) is 13.7. The quantitative estimate of drug-likeness (QED) is 0.765. The van der Waals surface area contributed by atoms with Gasteiger partial charge in [0.2, 0.25) is 5.91 Å². The standard InChI is InChI=1S/C18H21N3O5S2/c1-26-18(23)21-10-9-14-15(12-21)27-17(19-14)20-16(22)8-5-11-28(24,25)13-6-3-2-4-7-13/h2-4,6-7H,5,8-12H2,1H3,(H,19,20,22). The van der Waals surface area contributed by atoms with Gasteiger partial charge in [-0.05, 0) is 18.6 Å². The van der Waals surface area contributed by atoms with Gasteiger partial charge in [0.15, 0.2) is 15.0 Å². The van der Waals surface area contributed by atoms with E-state index >= 15 is 0 Å². The third-order valence-corrected chi connectivity index (χ3v) is 7.14. The number of fused-ring (bicyclic) bond motifs is 1. The van der Waals surface area contributed by atoms with E-state index in [1.807, 2.05) is 0 Å². The lowest BCUT2D eigenvalue weighted by atomic mass is 10.2. The predicted molar refractivity (Wildman–Crippen MR) is 105 cm³/mol. The highest BCUT2D eigenvalue weighted by molar-refractivity contribution is 7.91. The molecule has 2 heterocycles. The first-order valence-corrected chi connectivity index (χ1v) is 11.2. The first-order chi connectivity index (χ1) is 13.4. The number of nitrogens with one attached hydrogen (secondary N) is 1. The first-order valence-electron chi connectivity index (χ1n) is 8.78. The number of ether oxygens (including phenoxy) is 1. The van der Waals surface area contributed by atoms with Crippen LogP contribution in [0.3, 0.4) is 0 Å². The number of hydrogen-bond acceptors (Lipinski definition) is 7. The maximum Gasteiger partial charge on any atom is 0.409 e. The van der Waals surface area contributed by atoms with Crippen LogP contribution in [0.4, 0.5) is 9.93 Å². The lowest BCUT2D eigenvalue weighted by Crippen LogP contribution is -2.35. The van der Waals surface area contributed by atoms with Gasteiger partial charge in [0, 0.05) is 24.3 Å². The Morgan fingerprint density at radius 2 is 2.04 bits per heavy atom. The highest BCUT2D eigenvalue weighted by Crippen LogP contribution is 2.28. The fourth-order valence-corrected chi connectivity index (χ4v) is 5.26. The lowest BCUT2D eigenvalue weighted by molar-refractivity contribution is -0.116. The second-order valence-corrected chi connectivity index (χ2v) is 9.51. The summed E-state index contributed by atoms with van der Waals surface area (Å²) in [7, 11) is -2.05. The number of aromatic nitrogens is 1. The molecule has 1 aromatic heterocycles. The number of methoxy groups -OCH3 is 1. The molecule has 0 spiro atoms. The van der Waals surface area contributed by atoms with Crippen LogP contribution in [0.15, 0.2) is 35.2 Å². The second-order valence-electron chi connectivity index (χ2n) is 6.31. The zero-order chi connectivity index (χ0) is 20.1. The van der Waals surface area contributed by atoms with Gasteiger partial charge < -0.3 is 15.0 Å². The number of carbonyl (C=O) groups excluding carboxylic acids is 2. The Kier molecular flexibility index (Phi) is 6.30. The van der Waals surface area contributed by atoms with Gasteiger partial charge in [-0.1, -0.05) is 29.5 Å². The summed E-state index contributed by atoms with van der Waals surface area (Å²) < 4.78 is 29.2. The van der Waals surface area contributed by atoms with Crippen molar-refractivity contribution in [3.05, 3.63) is 40.9 Å². The molecule has 0 bridgehead atoms. The van der Waals surface area contributed by atoms with Crippen LogP contribution in [0.2, 0.25) is 0 Å². The minimum atomic E-state index is -3.39. The number of amides is 2. The summed E-state index contributed by atoms with van der Waals surface area (Å²) in [5.74, 6) is -0.369. The van der Waals surface area contributed by atoms with Crippen LogP contribution >= 0.6 is 11.3 Å². The largest absolute Gasteiger partial charge is 0.453 e. The van der Waals surface area contributed by atoms with Gasteiger partial charge in [0.05, 0.1) is 30.0 Å². The minimum Gasteiger partial charge on any atom is -0.453 e. The van der Waals surface area contributed by atoms with E-state index in [2.05, 4.69) is 10.3 Å². The van der Waals surface area contributed by atoms with Gasteiger partial charge in [-0.3, -0.25) is 4.79 Å². The Morgan fingerprint density at radius 1 is 1.29 bits per heavy atom. The van der Waals surface area contributed by atoms with E-state index < -0.39 is 9.84 Å². The van der Waals surface area contributed by atoms with Crippen LogP contribution in [0.1, 0.15) is 23.4 Å². The van der Waals surface area contributed by atoms with E-state index in [9.17, 15) is 18.0 Å². The molecule has 2 aromatic rings. The summed E-state index contributed by atoms with van der Waals surface area (Å²) in [6.45, 7) is 0.930. The zero-order valence-corrected chi connectivity index (χ0v) is 17.0. The van der Waals surface area contributed by atoms with Crippen molar-refractivity contribution in [3.63, 3.8) is 0 Å². The van der Waals surface area contributed by atoms with Crippen LogP contribution in [0.5, 0.6) is 0 Å². The summed E-state index contributed by atoms with van der Waals surface area (Å²) in [5, 5.41) is 3.19. The van der Waals surface area contributed by atoms with Crippen molar-refractivity contribution in [1.82, 2.24) is 9.88 Å². The highest BCUT2D eigenvalue weighted by atomic mass is 32.2. The lowest BCUT2D eigenvalue weighted by Gasteiger charge is -2.24. The molecular formula is C18H21N3O5S2. The number of nitrogens with zero attached hydrogens (tertiary/aromatic N) is 2. The molecule has 8 nitrogen and oxygen atoms in total. The summed E-state index contributed by atoms with van der Waals surface area (Å²) in [4.78, 5) is 30.9. The fraction of sp³-hybridized carbons (Fsp3) is 0.389. The van der Waals surface area contributed by atoms with Crippen molar-refractivity contribution in [1.29, 1.82) is 0 Å². The molecule has 1 N–H and O–H groups in total. The summed E-state index contributed by atoms with van der Waals surface area (Å²) >= 11 is 1.32. The third kappa shape index (κ3) is 4.87. The van der Waals surface area contributed by atoms with Crippen molar-refractivity contribution in [2.45, 2.75) is 30.7 Å². The number of hydrogen-bond donors (Lipinski definition) is 1. The average Bonchev–Trinajstić information content (AvgIpc) is 3.09. The van der Waals surface area contributed by atoms with Gasteiger partial charge in [0.1, 0.15) is 0 Å².